The lowest BCUT2D eigenvalue weighted by Crippen LogP contribution is -2.29. The Morgan fingerprint density at radius 1 is 1.00 bits per heavy atom. The fraction of sp³-hybridized carbons (Fsp3) is 0.316. The topological polar surface area (TPSA) is 29.1 Å². The second-order valence-corrected chi connectivity index (χ2v) is 6.03. The molecule has 0 aliphatic heterocycles. The van der Waals surface area contributed by atoms with E-state index >= 15 is 0 Å². The Labute approximate surface area is 139 Å². The summed E-state index contributed by atoms with van der Waals surface area (Å²) >= 11 is 0. The third-order valence-electron chi connectivity index (χ3n) is 4.17. The van der Waals surface area contributed by atoms with Crippen LogP contribution in [0.15, 0.2) is 36.4 Å². The molecule has 0 bridgehead atoms. The van der Waals surface area contributed by atoms with Gasteiger partial charge in [-0.3, -0.25) is 4.79 Å². The first-order valence-electron chi connectivity index (χ1n) is 7.66. The molecule has 2 aromatic rings. The van der Waals surface area contributed by atoms with Crippen molar-refractivity contribution in [3.8, 4) is 0 Å². The van der Waals surface area contributed by atoms with Crippen molar-refractivity contribution in [1.29, 1.82) is 0 Å². The van der Waals surface area contributed by atoms with Gasteiger partial charge in [0.1, 0.15) is 0 Å². The third-order valence-corrected chi connectivity index (χ3v) is 4.17. The van der Waals surface area contributed by atoms with E-state index in [0.29, 0.717) is 0 Å². The van der Waals surface area contributed by atoms with Crippen LogP contribution in [-0.2, 0) is 6.18 Å². The Bertz CT molecular complexity index is 766. The average Bonchev–Trinajstić information content (AvgIpc) is 2.49. The van der Waals surface area contributed by atoms with Gasteiger partial charge in [0.25, 0.3) is 5.91 Å². The molecule has 0 aliphatic carbocycles. The molecule has 1 amide bonds. The molecule has 5 heteroatoms. The molecule has 0 unspecified atom stereocenters. The predicted octanol–water partition coefficient (Wildman–Crippen LogP) is 5.12. The van der Waals surface area contributed by atoms with E-state index in [1.807, 2.05) is 32.9 Å². The molecule has 1 atom stereocenters. The minimum absolute atomic E-state index is 0.363. The number of amides is 1. The van der Waals surface area contributed by atoms with E-state index in [1.54, 1.807) is 6.92 Å². The van der Waals surface area contributed by atoms with Crippen LogP contribution >= 0.6 is 0 Å². The molecular weight excluding hydrogens is 315 g/mol. The average molecular weight is 335 g/mol. The van der Waals surface area contributed by atoms with Gasteiger partial charge in [-0.15, -0.1) is 0 Å². The van der Waals surface area contributed by atoms with E-state index in [4.69, 9.17) is 0 Å². The Balaban J connectivity index is 2.29. The summed E-state index contributed by atoms with van der Waals surface area (Å²) < 4.78 is 39.2. The highest BCUT2D eigenvalue weighted by Gasteiger charge is 2.35. The first kappa shape index (κ1) is 18.0. The van der Waals surface area contributed by atoms with Gasteiger partial charge in [-0.2, -0.15) is 13.2 Å². The first-order valence-corrected chi connectivity index (χ1v) is 7.66. The molecule has 0 radical (unpaired) electrons. The Hall–Kier alpha value is -2.30. The number of alkyl halides is 3. The van der Waals surface area contributed by atoms with Gasteiger partial charge in [0, 0.05) is 0 Å². The zero-order valence-electron chi connectivity index (χ0n) is 14.1. The number of carbonyl (C=O) groups is 1. The fourth-order valence-corrected chi connectivity index (χ4v) is 2.73. The van der Waals surface area contributed by atoms with Crippen LogP contribution in [0, 0.1) is 20.8 Å². The van der Waals surface area contributed by atoms with Crippen molar-refractivity contribution in [2.24, 2.45) is 0 Å². The minimum Gasteiger partial charge on any atom is -0.345 e. The summed E-state index contributed by atoms with van der Waals surface area (Å²) in [5.41, 5.74) is 2.82. The highest BCUT2D eigenvalue weighted by molar-refractivity contribution is 5.96. The van der Waals surface area contributed by atoms with Gasteiger partial charge in [0.05, 0.1) is 17.2 Å². The lowest BCUT2D eigenvalue weighted by atomic mass is 9.96. The monoisotopic (exact) mass is 335 g/mol. The van der Waals surface area contributed by atoms with Gasteiger partial charge in [-0.25, -0.2) is 0 Å². The molecule has 0 saturated heterocycles. The summed E-state index contributed by atoms with van der Waals surface area (Å²) in [6, 6.07) is 8.39. The predicted molar refractivity (Wildman–Crippen MR) is 88.0 cm³/mol. The SMILES string of the molecule is Cc1cc(C)c([C@@H](C)NC(=O)c2ccccc2C(F)(F)F)cc1C. The molecule has 0 aromatic heterocycles. The molecule has 128 valence electrons. The molecule has 0 heterocycles. The second kappa shape index (κ2) is 6.67. The van der Waals surface area contributed by atoms with Crippen LogP contribution < -0.4 is 5.32 Å². The summed E-state index contributed by atoms with van der Waals surface area (Å²) in [6.07, 6.45) is -4.56. The maximum Gasteiger partial charge on any atom is 0.417 e. The van der Waals surface area contributed by atoms with Crippen molar-refractivity contribution in [1.82, 2.24) is 5.32 Å². The summed E-state index contributed by atoms with van der Waals surface area (Å²) in [5, 5.41) is 2.67. The van der Waals surface area contributed by atoms with Crippen LogP contribution in [-0.4, -0.2) is 5.91 Å². The molecule has 2 nitrogen and oxygen atoms in total. The van der Waals surface area contributed by atoms with Crippen molar-refractivity contribution in [2.45, 2.75) is 39.9 Å². The van der Waals surface area contributed by atoms with Gasteiger partial charge in [-0.05, 0) is 62.1 Å². The van der Waals surface area contributed by atoms with Crippen molar-refractivity contribution in [3.05, 3.63) is 69.8 Å². The molecule has 0 fully saturated rings. The summed E-state index contributed by atoms with van der Waals surface area (Å²) in [5.74, 6) is -0.729. The molecule has 24 heavy (non-hydrogen) atoms. The Morgan fingerprint density at radius 2 is 1.58 bits per heavy atom. The molecule has 0 saturated carbocycles. The van der Waals surface area contributed by atoms with E-state index in [2.05, 4.69) is 5.32 Å². The third kappa shape index (κ3) is 3.78. The zero-order chi connectivity index (χ0) is 18.1. The molecule has 1 N–H and O–H groups in total. The molecular formula is C19H20F3NO. The zero-order valence-corrected chi connectivity index (χ0v) is 14.1. The molecule has 2 rings (SSSR count). The first-order chi connectivity index (χ1) is 11.1. The van der Waals surface area contributed by atoms with Gasteiger partial charge in [-0.1, -0.05) is 24.3 Å². The largest absolute Gasteiger partial charge is 0.417 e. The van der Waals surface area contributed by atoms with Crippen LogP contribution in [0.2, 0.25) is 0 Å². The maximum atomic E-state index is 13.1. The van der Waals surface area contributed by atoms with Crippen molar-refractivity contribution < 1.29 is 18.0 Å². The number of rotatable bonds is 3. The van der Waals surface area contributed by atoms with Crippen LogP contribution in [0.1, 0.15) is 51.1 Å². The van der Waals surface area contributed by atoms with Gasteiger partial charge in [0.15, 0.2) is 0 Å². The molecule has 2 aromatic carbocycles. The smallest absolute Gasteiger partial charge is 0.345 e. The van der Waals surface area contributed by atoms with Crippen LogP contribution in [0.4, 0.5) is 13.2 Å². The van der Waals surface area contributed by atoms with Crippen LogP contribution in [0.25, 0.3) is 0 Å². The number of carbonyl (C=O) groups excluding carboxylic acids is 1. The highest BCUT2D eigenvalue weighted by Crippen LogP contribution is 2.32. The summed E-state index contributed by atoms with van der Waals surface area (Å²) in [7, 11) is 0. The number of hydrogen-bond acceptors (Lipinski definition) is 1. The normalized spacial score (nSPS) is 12.8. The molecule has 0 aliphatic rings. The minimum atomic E-state index is -4.56. The van der Waals surface area contributed by atoms with Gasteiger partial charge >= 0.3 is 6.18 Å². The van der Waals surface area contributed by atoms with Gasteiger partial charge < -0.3 is 5.32 Å². The van der Waals surface area contributed by atoms with Crippen LogP contribution in [0.3, 0.4) is 0 Å². The fourth-order valence-electron chi connectivity index (χ4n) is 2.73. The van der Waals surface area contributed by atoms with E-state index in [0.717, 1.165) is 28.3 Å². The van der Waals surface area contributed by atoms with E-state index in [-0.39, 0.29) is 5.56 Å². The maximum absolute atomic E-state index is 13.1. The number of hydrogen-bond donors (Lipinski definition) is 1. The summed E-state index contributed by atoms with van der Waals surface area (Å²) in [4.78, 5) is 12.3. The van der Waals surface area contributed by atoms with Crippen molar-refractivity contribution in [3.63, 3.8) is 0 Å². The molecule has 0 spiro atoms. The van der Waals surface area contributed by atoms with Crippen molar-refractivity contribution >= 4 is 5.91 Å². The lowest BCUT2D eigenvalue weighted by molar-refractivity contribution is -0.137. The number of aryl methyl sites for hydroxylation is 3. The number of benzene rings is 2. The lowest BCUT2D eigenvalue weighted by Gasteiger charge is -2.20. The highest BCUT2D eigenvalue weighted by atomic mass is 19.4. The van der Waals surface area contributed by atoms with E-state index < -0.39 is 23.7 Å². The summed E-state index contributed by atoms with van der Waals surface area (Å²) in [6.45, 7) is 7.65. The number of halogens is 3. The Morgan fingerprint density at radius 3 is 2.21 bits per heavy atom. The standard InChI is InChI=1S/C19H20F3NO/c1-11-9-13(3)16(10-12(11)2)14(4)23-18(24)15-7-5-6-8-17(15)19(20,21)22/h5-10,14H,1-4H3,(H,23,24)/t14-/m1/s1. The van der Waals surface area contributed by atoms with Crippen molar-refractivity contribution in [2.75, 3.05) is 0 Å². The number of nitrogens with one attached hydrogen (secondary N) is 1. The van der Waals surface area contributed by atoms with E-state index in [9.17, 15) is 18.0 Å². The van der Waals surface area contributed by atoms with E-state index in [1.165, 1.54) is 18.2 Å². The Kier molecular flexibility index (Phi) is 5.02. The van der Waals surface area contributed by atoms with Gasteiger partial charge in [0.2, 0.25) is 0 Å². The van der Waals surface area contributed by atoms with Crippen LogP contribution in [0.5, 0.6) is 0 Å². The quantitative estimate of drug-likeness (QED) is 0.828. The second-order valence-electron chi connectivity index (χ2n) is 6.03.